The van der Waals surface area contributed by atoms with Crippen LogP contribution in [0.5, 0.6) is 0 Å². The van der Waals surface area contributed by atoms with E-state index >= 15 is 0 Å². The summed E-state index contributed by atoms with van der Waals surface area (Å²) >= 11 is 2.16. The van der Waals surface area contributed by atoms with Gasteiger partial charge in [0, 0.05) is 24.5 Å². The van der Waals surface area contributed by atoms with Crippen molar-refractivity contribution >= 4 is 11.8 Å². The SMILES string of the molecule is CCNC(CC)CCCSC1CCOCC1. The van der Waals surface area contributed by atoms with E-state index in [0.717, 1.165) is 31.1 Å². The van der Waals surface area contributed by atoms with Crippen LogP contribution in [0.2, 0.25) is 0 Å². The van der Waals surface area contributed by atoms with Gasteiger partial charge in [0.15, 0.2) is 0 Å². The molecule has 0 aliphatic carbocycles. The van der Waals surface area contributed by atoms with Gasteiger partial charge in [-0.05, 0) is 44.4 Å². The molecule has 1 saturated heterocycles. The van der Waals surface area contributed by atoms with Crippen molar-refractivity contribution in [3.63, 3.8) is 0 Å². The smallest absolute Gasteiger partial charge is 0.0476 e. The maximum Gasteiger partial charge on any atom is 0.0476 e. The third-order valence-electron chi connectivity index (χ3n) is 3.20. The van der Waals surface area contributed by atoms with Gasteiger partial charge in [0.1, 0.15) is 0 Å². The first-order valence-corrected chi connectivity index (χ1v) is 7.84. The van der Waals surface area contributed by atoms with Crippen molar-refractivity contribution in [2.45, 2.75) is 57.2 Å². The Morgan fingerprint density at radius 3 is 2.69 bits per heavy atom. The molecule has 1 unspecified atom stereocenters. The molecule has 0 spiro atoms. The van der Waals surface area contributed by atoms with Gasteiger partial charge in [-0.25, -0.2) is 0 Å². The van der Waals surface area contributed by atoms with Crippen molar-refractivity contribution in [1.82, 2.24) is 5.32 Å². The average molecular weight is 245 g/mol. The van der Waals surface area contributed by atoms with E-state index in [1.807, 2.05) is 0 Å². The lowest BCUT2D eigenvalue weighted by Crippen LogP contribution is -2.28. The predicted molar refractivity (Wildman–Crippen MR) is 73.3 cm³/mol. The van der Waals surface area contributed by atoms with Crippen LogP contribution in [0.15, 0.2) is 0 Å². The van der Waals surface area contributed by atoms with Gasteiger partial charge in [-0.2, -0.15) is 11.8 Å². The number of nitrogens with one attached hydrogen (secondary N) is 1. The second-order valence-corrected chi connectivity index (χ2v) is 5.90. The molecule has 0 aromatic heterocycles. The lowest BCUT2D eigenvalue weighted by atomic mass is 10.1. The molecule has 0 radical (unpaired) electrons. The molecule has 1 heterocycles. The molecular weight excluding hydrogens is 218 g/mol. The average Bonchev–Trinajstić information content (AvgIpc) is 2.34. The summed E-state index contributed by atoms with van der Waals surface area (Å²) in [5, 5.41) is 4.41. The summed E-state index contributed by atoms with van der Waals surface area (Å²) < 4.78 is 5.37. The number of ether oxygens (including phenoxy) is 1. The molecular formula is C13H27NOS. The first-order valence-electron chi connectivity index (χ1n) is 6.79. The summed E-state index contributed by atoms with van der Waals surface area (Å²) in [7, 11) is 0. The zero-order valence-corrected chi connectivity index (χ0v) is 11.7. The van der Waals surface area contributed by atoms with E-state index in [9.17, 15) is 0 Å². The Hall–Kier alpha value is 0.270. The van der Waals surface area contributed by atoms with Gasteiger partial charge in [-0.3, -0.25) is 0 Å². The van der Waals surface area contributed by atoms with Gasteiger partial charge >= 0.3 is 0 Å². The normalized spacial score (nSPS) is 19.9. The maximum absolute atomic E-state index is 5.37. The van der Waals surface area contributed by atoms with Crippen LogP contribution in [-0.4, -0.2) is 36.8 Å². The number of hydrogen-bond acceptors (Lipinski definition) is 3. The van der Waals surface area contributed by atoms with Crippen molar-refractivity contribution < 1.29 is 4.74 Å². The van der Waals surface area contributed by atoms with Gasteiger partial charge < -0.3 is 10.1 Å². The van der Waals surface area contributed by atoms with Gasteiger partial charge in [0.05, 0.1) is 0 Å². The maximum atomic E-state index is 5.37. The van der Waals surface area contributed by atoms with Crippen LogP contribution >= 0.6 is 11.8 Å². The van der Waals surface area contributed by atoms with Crippen molar-refractivity contribution in [2.75, 3.05) is 25.5 Å². The molecule has 0 aromatic rings. The van der Waals surface area contributed by atoms with E-state index in [1.54, 1.807) is 0 Å². The lowest BCUT2D eigenvalue weighted by Gasteiger charge is -2.22. The predicted octanol–water partition coefficient (Wildman–Crippen LogP) is 3.07. The minimum Gasteiger partial charge on any atom is -0.381 e. The standard InChI is InChI=1S/C13H27NOS/c1-3-12(14-4-2)6-5-11-16-13-7-9-15-10-8-13/h12-14H,3-11H2,1-2H3. The topological polar surface area (TPSA) is 21.3 Å². The zero-order valence-electron chi connectivity index (χ0n) is 10.8. The number of hydrogen-bond donors (Lipinski definition) is 1. The monoisotopic (exact) mass is 245 g/mol. The molecule has 1 aliphatic heterocycles. The van der Waals surface area contributed by atoms with Crippen LogP contribution in [0.4, 0.5) is 0 Å². The molecule has 0 aromatic carbocycles. The fourth-order valence-corrected chi connectivity index (χ4v) is 3.35. The molecule has 1 fully saturated rings. The van der Waals surface area contributed by atoms with E-state index in [-0.39, 0.29) is 0 Å². The summed E-state index contributed by atoms with van der Waals surface area (Å²) in [6.45, 7) is 7.53. The van der Waals surface area contributed by atoms with Crippen LogP contribution in [0.25, 0.3) is 0 Å². The summed E-state index contributed by atoms with van der Waals surface area (Å²) in [6, 6.07) is 0.736. The van der Waals surface area contributed by atoms with Crippen LogP contribution in [0, 0.1) is 0 Å². The van der Waals surface area contributed by atoms with Gasteiger partial charge in [0.25, 0.3) is 0 Å². The fraction of sp³-hybridized carbons (Fsp3) is 1.00. The van der Waals surface area contributed by atoms with Gasteiger partial charge in [-0.1, -0.05) is 13.8 Å². The Labute approximate surface area is 105 Å². The molecule has 2 nitrogen and oxygen atoms in total. The lowest BCUT2D eigenvalue weighted by molar-refractivity contribution is 0.100. The summed E-state index contributed by atoms with van der Waals surface area (Å²) in [4.78, 5) is 0. The third kappa shape index (κ3) is 6.12. The molecule has 0 saturated carbocycles. The molecule has 3 heteroatoms. The minimum atomic E-state index is 0.736. The fourth-order valence-electron chi connectivity index (χ4n) is 2.16. The van der Waals surface area contributed by atoms with Crippen molar-refractivity contribution in [1.29, 1.82) is 0 Å². The van der Waals surface area contributed by atoms with Gasteiger partial charge in [0.2, 0.25) is 0 Å². The highest BCUT2D eigenvalue weighted by atomic mass is 32.2. The van der Waals surface area contributed by atoms with Crippen LogP contribution in [0.1, 0.15) is 46.0 Å². The molecule has 0 bridgehead atoms. The second-order valence-electron chi connectivity index (χ2n) is 4.49. The number of thioether (sulfide) groups is 1. The molecule has 16 heavy (non-hydrogen) atoms. The summed E-state index contributed by atoms with van der Waals surface area (Å²) in [6.07, 6.45) is 6.47. The highest BCUT2D eigenvalue weighted by Gasteiger charge is 2.13. The Balaban J connectivity index is 1.97. The molecule has 1 aliphatic rings. The second kappa shape index (κ2) is 9.32. The van der Waals surface area contributed by atoms with Crippen LogP contribution in [-0.2, 0) is 4.74 Å². The van der Waals surface area contributed by atoms with E-state index < -0.39 is 0 Å². The van der Waals surface area contributed by atoms with E-state index in [2.05, 4.69) is 30.9 Å². The molecule has 1 rings (SSSR count). The molecule has 96 valence electrons. The molecule has 0 amide bonds. The van der Waals surface area contributed by atoms with Crippen LogP contribution in [0.3, 0.4) is 0 Å². The van der Waals surface area contributed by atoms with E-state index in [1.165, 1.54) is 37.9 Å². The van der Waals surface area contributed by atoms with E-state index in [0.29, 0.717) is 0 Å². The minimum absolute atomic E-state index is 0.736. The summed E-state index contributed by atoms with van der Waals surface area (Å²) in [5.74, 6) is 1.33. The third-order valence-corrected chi connectivity index (χ3v) is 4.67. The Kier molecular flexibility index (Phi) is 8.34. The Morgan fingerprint density at radius 2 is 2.06 bits per heavy atom. The highest BCUT2D eigenvalue weighted by molar-refractivity contribution is 7.99. The zero-order chi connectivity index (χ0) is 11.6. The molecule has 1 atom stereocenters. The number of rotatable bonds is 8. The van der Waals surface area contributed by atoms with Crippen LogP contribution < -0.4 is 5.32 Å². The first kappa shape index (κ1) is 14.3. The van der Waals surface area contributed by atoms with Gasteiger partial charge in [-0.15, -0.1) is 0 Å². The Morgan fingerprint density at radius 1 is 1.31 bits per heavy atom. The Bertz CT molecular complexity index is 153. The quantitative estimate of drug-likeness (QED) is 0.664. The van der Waals surface area contributed by atoms with Crippen molar-refractivity contribution in [3.05, 3.63) is 0 Å². The summed E-state index contributed by atoms with van der Waals surface area (Å²) in [5.41, 5.74) is 0. The van der Waals surface area contributed by atoms with E-state index in [4.69, 9.17) is 4.74 Å². The molecule has 1 N–H and O–H groups in total. The first-order chi connectivity index (χ1) is 7.86. The van der Waals surface area contributed by atoms with Crippen molar-refractivity contribution in [3.8, 4) is 0 Å². The van der Waals surface area contributed by atoms with Crippen molar-refractivity contribution in [2.24, 2.45) is 0 Å². The highest BCUT2D eigenvalue weighted by Crippen LogP contribution is 2.23. The largest absolute Gasteiger partial charge is 0.381 e.